The summed E-state index contributed by atoms with van der Waals surface area (Å²) in [5.74, 6) is -0.0286. The highest BCUT2D eigenvalue weighted by molar-refractivity contribution is 8.01. The molecule has 0 spiro atoms. The van der Waals surface area contributed by atoms with Crippen LogP contribution in [-0.4, -0.2) is 37.3 Å². The van der Waals surface area contributed by atoms with E-state index in [9.17, 15) is 9.59 Å². The van der Waals surface area contributed by atoms with Crippen molar-refractivity contribution >= 4 is 23.6 Å². The Balaban J connectivity index is 1.14. The first-order valence-electron chi connectivity index (χ1n) is 10.4. The molecule has 0 fully saturated rings. The summed E-state index contributed by atoms with van der Waals surface area (Å²) in [5.41, 5.74) is 8.46. The molecule has 1 atom stereocenters. The van der Waals surface area contributed by atoms with E-state index in [0.29, 0.717) is 24.4 Å². The Labute approximate surface area is 194 Å². The third-order valence-corrected chi connectivity index (χ3v) is 6.58. The Morgan fingerprint density at radius 3 is 2.48 bits per heavy atom. The normalized spacial score (nSPS) is 14.5. The van der Waals surface area contributed by atoms with Crippen molar-refractivity contribution in [2.24, 2.45) is 0 Å². The smallest absolute Gasteiger partial charge is 0.269 e. The molecule has 1 aromatic heterocycles. The summed E-state index contributed by atoms with van der Waals surface area (Å²) < 4.78 is 0. The van der Waals surface area contributed by atoms with Gasteiger partial charge in [0.1, 0.15) is 0 Å². The average Bonchev–Trinajstić information content (AvgIpc) is 3.50. The number of amides is 2. The van der Waals surface area contributed by atoms with Crippen molar-refractivity contribution in [3.63, 3.8) is 0 Å². The number of thioether (sulfide) groups is 1. The summed E-state index contributed by atoms with van der Waals surface area (Å²) in [6.45, 7) is 0.429. The number of nitrogens with one attached hydrogen (secondary N) is 2. The van der Waals surface area contributed by atoms with Gasteiger partial charge in [0.25, 0.3) is 11.8 Å². The minimum Gasteiger partial charge on any atom is -0.272 e. The first-order valence-corrected chi connectivity index (χ1v) is 11.3. The van der Waals surface area contributed by atoms with Gasteiger partial charge in [0.15, 0.2) is 0 Å². The summed E-state index contributed by atoms with van der Waals surface area (Å²) in [5, 5.41) is 12.3. The zero-order valence-electron chi connectivity index (χ0n) is 17.5. The van der Waals surface area contributed by atoms with Crippen molar-refractivity contribution < 1.29 is 9.59 Å². The van der Waals surface area contributed by atoms with Crippen molar-refractivity contribution in [1.82, 2.24) is 31.1 Å². The highest BCUT2D eigenvalue weighted by Crippen LogP contribution is 2.36. The number of fused-ring (bicyclic) bond motifs is 1. The molecule has 0 radical (unpaired) electrons. The monoisotopic (exact) mass is 456 g/mol. The first kappa shape index (κ1) is 20.9. The van der Waals surface area contributed by atoms with Crippen LogP contribution in [0.3, 0.4) is 0 Å². The fourth-order valence-corrected chi connectivity index (χ4v) is 4.73. The Kier molecular flexibility index (Phi) is 5.86. The van der Waals surface area contributed by atoms with E-state index in [4.69, 9.17) is 0 Å². The standard InChI is InChI=1S/C24H20N6O2S/c31-23(26-27-24(32)21-14-19-8-4-5-9-20(19)33-21)18-12-10-16(11-13-18)15-30-28-22(25-29-30)17-6-2-1-3-7-17/h1-13,21H,14-15H2,(H,26,31)(H,27,32). The molecule has 164 valence electrons. The summed E-state index contributed by atoms with van der Waals surface area (Å²) in [4.78, 5) is 27.5. The van der Waals surface area contributed by atoms with Gasteiger partial charge in [-0.05, 0) is 41.0 Å². The minimum absolute atomic E-state index is 0.215. The topological polar surface area (TPSA) is 102 Å². The molecule has 9 heteroatoms. The van der Waals surface area contributed by atoms with Gasteiger partial charge in [-0.25, -0.2) is 0 Å². The van der Waals surface area contributed by atoms with Crippen LogP contribution < -0.4 is 10.9 Å². The van der Waals surface area contributed by atoms with Crippen LogP contribution in [-0.2, 0) is 17.8 Å². The van der Waals surface area contributed by atoms with Gasteiger partial charge in [-0.15, -0.1) is 22.0 Å². The van der Waals surface area contributed by atoms with Crippen molar-refractivity contribution in [2.45, 2.75) is 23.1 Å². The van der Waals surface area contributed by atoms with E-state index >= 15 is 0 Å². The van der Waals surface area contributed by atoms with Crippen LogP contribution >= 0.6 is 11.8 Å². The zero-order chi connectivity index (χ0) is 22.6. The SMILES string of the molecule is O=C(NNC(=O)C1Cc2ccccc2S1)c1ccc(Cn2nnc(-c3ccccc3)n2)cc1. The molecule has 0 saturated heterocycles. The van der Waals surface area contributed by atoms with Crippen LogP contribution in [0.5, 0.6) is 0 Å². The highest BCUT2D eigenvalue weighted by Gasteiger charge is 2.28. The fourth-order valence-electron chi connectivity index (χ4n) is 3.54. The molecule has 8 nitrogen and oxygen atoms in total. The number of hydrogen-bond acceptors (Lipinski definition) is 6. The third-order valence-electron chi connectivity index (χ3n) is 5.26. The van der Waals surface area contributed by atoms with Crippen LogP contribution in [0.4, 0.5) is 0 Å². The van der Waals surface area contributed by atoms with Gasteiger partial charge in [0.05, 0.1) is 11.8 Å². The Bertz CT molecular complexity index is 1260. The number of carbonyl (C=O) groups is 2. The molecule has 0 aliphatic carbocycles. The molecule has 1 unspecified atom stereocenters. The number of aromatic nitrogens is 4. The van der Waals surface area contributed by atoms with Crippen molar-refractivity contribution in [3.8, 4) is 11.4 Å². The number of nitrogens with zero attached hydrogens (tertiary/aromatic N) is 4. The maximum absolute atomic E-state index is 12.4. The summed E-state index contributed by atoms with van der Waals surface area (Å²) in [7, 11) is 0. The molecule has 2 heterocycles. The van der Waals surface area contributed by atoms with Crippen molar-refractivity contribution in [1.29, 1.82) is 0 Å². The van der Waals surface area contributed by atoms with E-state index in [1.165, 1.54) is 16.6 Å². The molecular weight excluding hydrogens is 436 g/mol. The molecule has 4 aromatic rings. The number of hydrazine groups is 1. The van der Waals surface area contributed by atoms with E-state index in [-0.39, 0.29) is 17.1 Å². The van der Waals surface area contributed by atoms with Gasteiger partial charge in [-0.2, -0.15) is 4.80 Å². The molecule has 0 saturated carbocycles. The summed E-state index contributed by atoms with van der Waals surface area (Å²) >= 11 is 1.51. The number of carbonyl (C=O) groups excluding carboxylic acids is 2. The lowest BCUT2D eigenvalue weighted by molar-refractivity contribution is -0.121. The van der Waals surface area contributed by atoms with Crippen LogP contribution in [0.2, 0.25) is 0 Å². The van der Waals surface area contributed by atoms with E-state index in [1.54, 1.807) is 12.1 Å². The van der Waals surface area contributed by atoms with Gasteiger partial charge >= 0.3 is 0 Å². The quantitative estimate of drug-likeness (QED) is 0.448. The lowest BCUT2D eigenvalue weighted by atomic mass is 10.1. The third kappa shape index (κ3) is 4.78. The second-order valence-corrected chi connectivity index (χ2v) is 8.81. The molecule has 33 heavy (non-hydrogen) atoms. The number of rotatable bonds is 5. The van der Waals surface area contributed by atoms with Crippen molar-refractivity contribution in [3.05, 3.63) is 95.6 Å². The highest BCUT2D eigenvalue weighted by atomic mass is 32.2. The number of benzene rings is 3. The van der Waals surface area contributed by atoms with Gasteiger partial charge in [-0.3, -0.25) is 20.4 Å². The van der Waals surface area contributed by atoms with Crippen LogP contribution in [0.1, 0.15) is 21.5 Å². The van der Waals surface area contributed by atoms with E-state index < -0.39 is 0 Å². The van der Waals surface area contributed by atoms with E-state index in [2.05, 4.69) is 26.3 Å². The predicted molar refractivity (Wildman–Crippen MR) is 124 cm³/mol. The minimum atomic E-state index is -0.374. The molecule has 2 amide bonds. The lowest BCUT2D eigenvalue weighted by Crippen LogP contribution is -2.45. The molecule has 2 N–H and O–H groups in total. The summed E-state index contributed by atoms with van der Waals surface area (Å²) in [6, 6.07) is 24.6. The Hall–Kier alpha value is -3.98. The number of hydrogen-bond donors (Lipinski definition) is 2. The van der Waals surface area contributed by atoms with Gasteiger partial charge in [0.2, 0.25) is 5.82 Å². The lowest BCUT2D eigenvalue weighted by Gasteiger charge is -2.11. The Morgan fingerprint density at radius 1 is 0.939 bits per heavy atom. The molecular formula is C24H20N6O2S. The van der Waals surface area contributed by atoms with Gasteiger partial charge in [0, 0.05) is 16.0 Å². The van der Waals surface area contributed by atoms with Crippen LogP contribution in [0.15, 0.2) is 83.8 Å². The molecule has 5 rings (SSSR count). The second kappa shape index (κ2) is 9.25. The zero-order valence-corrected chi connectivity index (χ0v) is 18.3. The largest absolute Gasteiger partial charge is 0.272 e. The van der Waals surface area contributed by atoms with Crippen molar-refractivity contribution in [2.75, 3.05) is 0 Å². The Morgan fingerprint density at radius 2 is 1.70 bits per heavy atom. The van der Waals surface area contributed by atoms with Gasteiger partial charge in [-0.1, -0.05) is 60.7 Å². The second-order valence-electron chi connectivity index (χ2n) is 7.57. The van der Waals surface area contributed by atoms with Crippen LogP contribution in [0, 0.1) is 0 Å². The maximum atomic E-state index is 12.4. The first-order chi connectivity index (χ1) is 16.2. The molecule has 1 aliphatic rings. The summed E-state index contributed by atoms with van der Waals surface area (Å²) in [6.07, 6.45) is 0.652. The fraction of sp³-hybridized carbons (Fsp3) is 0.125. The van der Waals surface area contributed by atoms with Crippen LogP contribution in [0.25, 0.3) is 11.4 Å². The predicted octanol–water partition coefficient (Wildman–Crippen LogP) is 2.87. The number of tetrazole rings is 1. The molecule has 3 aromatic carbocycles. The van der Waals surface area contributed by atoms with E-state index in [0.717, 1.165) is 21.6 Å². The average molecular weight is 457 g/mol. The van der Waals surface area contributed by atoms with E-state index in [1.807, 2.05) is 66.7 Å². The molecule has 1 aliphatic heterocycles. The van der Waals surface area contributed by atoms with Gasteiger partial charge < -0.3 is 0 Å². The molecule has 0 bridgehead atoms. The maximum Gasteiger partial charge on any atom is 0.269 e.